The van der Waals surface area contributed by atoms with E-state index in [2.05, 4.69) is 34.5 Å². The van der Waals surface area contributed by atoms with Crippen LogP contribution in [0.5, 0.6) is 0 Å². The van der Waals surface area contributed by atoms with E-state index in [1.54, 1.807) is 0 Å². The van der Waals surface area contributed by atoms with Gasteiger partial charge in [-0.05, 0) is 18.6 Å². The second kappa shape index (κ2) is 4.97. The van der Waals surface area contributed by atoms with E-state index in [9.17, 15) is 5.26 Å². The van der Waals surface area contributed by atoms with Crippen LogP contribution in [0.1, 0.15) is 12.0 Å². The molecule has 0 radical (unpaired) electrons. The number of nitriles is 1. The Morgan fingerprint density at radius 3 is 2.60 bits per heavy atom. The molecule has 4 rings (SSSR count). The number of anilines is 1. The highest BCUT2D eigenvalue weighted by Crippen LogP contribution is 2.35. The number of nitrogens with one attached hydrogen (secondary N) is 1. The average Bonchev–Trinajstić information content (AvgIpc) is 3.08. The highest BCUT2D eigenvalue weighted by atomic mass is 35.5. The third kappa shape index (κ3) is 1.84. The van der Waals surface area contributed by atoms with E-state index < -0.39 is 0 Å². The lowest BCUT2D eigenvalue weighted by molar-refractivity contribution is 0.581. The lowest BCUT2D eigenvalue weighted by Crippen LogP contribution is -2.43. The summed E-state index contributed by atoms with van der Waals surface area (Å²) in [6.45, 7) is 2.17. The standard InChI is InChI=1S/C16H15N3.ClH/c17-8-11-5-6-16(15-4-2-1-3-14(11)15)19-10-12-7-13(19)9-18-12;/h1-6,12-13,18H,7,9-10H2;1H/t12-,13-;/m0./s1. The highest BCUT2D eigenvalue weighted by Gasteiger charge is 2.38. The van der Waals surface area contributed by atoms with Crippen LogP contribution in [0.3, 0.4) is 0 Å². The summed E-state index contributed by atoms with van der Waals surface area (Å²) in [4.78, 5) is 2.50. The molecule has 20 heavy (non-hydrogen) atoms. The normalized spacial score (nSPS) is 23.6. The van der Waals surface area contributed by atoms with Gasteiger partial charge in [0.2, 0.25) is 0 Å². The van der Waals surface area contributed by atoms with Crippen LogP contribution in [0.15, 0.2) is 36.4 Å². The van der Waals surface area contributed by atoms with Crippen molar-refractivity contribution in [3.8, 4) is 6.07 Å². The van der Waals surface area contributed by atoms with E-state index in [1.807, 2.05) is 18.2 Å². The number of nitrogens with zero attached hydrogens (tertiary/aromatic N) is 2. The van der Waals surface area contributed by atoms with Crippen molar-refractivity contribution in [1.82, 2.24) is 5.32 Å². The van der Waals surface area contributed by atoms with Gasteiger partial charge >= 0.3 is 0 Å². The Bertz CT molecular complexity index is 692. The lowest BCUT2D eigenvalue weighted by atomic mass is 10.0. The molecule has 0 aliphatic carbocycles. The number of benzene rings is 2. The second-order valence-corrected chi connectivity index (χ2v) is 5.44. The molecule has 2 heterocycles. The Morgan fingerprint density at radius 1 is 1.15 bits per heavy atom. The third-order valence-electron chi connectivity index (χ3n) is 4.39. The van der Waals surface area contributed by atoms with Gasteiger partial charge in [0.1, 0.15) is 0 Å². The molecule has 102 valence electrons. The van der Waals surface area contributed by atoms with Crippen molar-refractivity contribution in [3.05, 3.63) is 42.0 Å². The summed E-state index contributed by atoms with van der Waals surface area (Å²) in [7, 11) is 0. The number of piperazine rings is 1. The SMILES string of the molecule is Cl.N#Cc1ccc(N2C[C@@H]3C[C@H]2CN3)c2ccccc12. The first kappa shape index (κ1) is 13.2. The molecule has 2 aliphatic rings. The topological polar surface area (TPSA) is 39.1 Å². The zero-order chi connectivity index (χ0) is 12.8. The summed E-state index contributed by atoms with van der Waals surface area (Å²) in [5.41, 5.74) is 2.05. The van der Waals surface area contributed by atoms with E-state index in [4.69, 9.17) is 0 Å². The van der Waals surface area contributed by atoms with Crippen molar-refractivity contribution in [3.63, 3.8) is 0 Å². The van der Waals surface area contributed by atoms with E-state index in [0.29, 0.717) is 12.1 Å². The monoisotopic (exact) mass is 285 g/mol. The molecule has 2 atom stereocenters. The first-order valence-electron chi connectivity index (χ1n) is 6.78. The predicted molar refractivity (Wildman–Crippen MR) is 83.5 cm³/mol. The van der Waals surface area contributed by atoms with Crippen LogP contribution in [0, 0.1) is 11.3 Å². The van der Waals surface area contributed by atoms with E-state index in [1.165, 1.54) is 17.5 Å². The van der Waals surface area contributed by atoms with E-state index >= 15 is 0 Å². The molecular formula is C16H16ClN3. The van der Waals surface area contributed by atoms with Crippen LogP contribution < -0.4 is 10.2 Å². The summed E-state index contributed by atoms with van der Waals surface area (Å²) in [5, 5.41) is 15.0. The van der Waals surface area contributed by atoms with Crippen molar-refractivity contribution >= 4 is 28.9 Å². The fourth-order valence-electron chi connectivity index (χ4n) is 3.49. The molecule has 0 aromatic heterocycles. The zero-order valence-electron chi connectivity index (χ0n) is 11.0. The molecular weight excluding hydrogens is 270 g/mol. The summed E-state index contributed by atoms with van der Waals surface area (Å²) in [6.07, 6.45) is 1.24. The molecule has 2 aromatic carbocycles. The molecule has 2 fully saturated rings. The Morgan fingerprint density at radius 2 is 1.95 bits per heavy atom. The predicted octanol–water partition coefficient (Wildman–Crippen LogP) is 2.68. The van der Waals surface area contributed by atoms with Crippen LogP contribution in [-0.2, 0) is 0 Å². The molecule has 0 unspecified atom stereocenters. The molecule has 0 spiro atoms. The van der Waals surface area contributed by atoms with Crippen LogP contribution in [0.2, 0.25) is 0 Å². The number of rotatable bonds is 1. The summed E-state index contributed by atoms with van der Waals surface area (Å²) in [6, 6.07) is 15.8. The van der Waals surface area contributed by atoms with Gasteiger partial charge in [-0.3, -0.25) is 0 Å². The Labute approximate surface area is 124 Å². The Hall–Kier alpha value is -1.76. The van der Waals surface area contributed by atoms with E-state index in [-0.39, 0.29) is 12.4 Å². The van der Waals surface area contributed by atoms with Gasteiger partial charge in [-0.25, -0.2) is 0 Å². The van der Waals surface area contributed by atoms with Gasteiger partial charge < -0.3 is 10.2 Å². The number of halogens is 1. The van der Waals surface area contributed by atoms with Gasteiger partial charge in [-0.2, -0.15) is 5.26 Å². The summed E-state index contributed by atoms with van der Waals surface area (Å²) in [5.74, 6) is 0. The van der Waals surface area contributed by atoms with Crippen LogP contribution in [0.25, 0.3) is 10.8 Å². The minimum atomic E-state index is 0. The highest BCUT2D eigenvalue weighted by molar-refractivity contribution is 5.98. The lowest BCUT2D eigenvalue weighted by Gasteiger charge is -2.30. The number of fused-ring (bicyclic) bond motifs is 3. The number of hydrogen-bond donors (Lipinski definition) is 1. The minimum absolute atomic E-state index is 0. The van der Waals surface area contributed by atoms with Crippen molar-refractivity contribution in [1.29, 1.82) is 5.26 Å². The minimum Gasteiger partial charge on any atom is -0.365 e. The van der Waals surface area contributed by atoms with E-state index in [0.717, 1.165) is 24.0 Å². The molecule has 0 saturated carbocycles. The average molecular weight is 286 g/mol. The molecule has 2 aliphatic heterocycles. The van der Waals surface area contributed by atoms with Crippen LogP contribution in [-0.4, -0.2) is 25.2 Å². The van der Waals surface area contributed by atoms with Gasteiger partial charge in [0.15, 0.2) is 0 Å². The molecule has 0 amide bonds. The largest absolute Gasteiger partial charge is 0.365 e. The smallest absolute Gasteiger partial charge is 0.0998 e. The van der Waals surface area contributed by atoms with Crippen molar-refractivity contribution in [2.45, 2.75) is 18.5 Å². The first-order chi connectivity index (χ1) is 9.36. The van der Waals surface area contributed by atoms with Crippen LogP contribution in [0.4, 0.5) is 5.69 Å². The Balaban J connectivity index is 0.00000121. The van der Waals surface area contributed by atoms with Gasteiger partial charge in [0, 0.05) is 41.6 Å². The van der Waals surface area contributed by atoms with Crippen molar-refractivity contribution in [2.24, 2.45) is 0 Å². The molecule has 4 heteroatoms. The molecule has 1 N–H and O–H groups in total. The van der Waals surface area contributed by atoms with Gasteiger partial charge in [0.25, 0.3) is 0 Å². The Kier molecular flexibility index (Phi) is 3.29. The first-order valence-corrected chi connectivity index (χ1v) is 6.78. The fraction of sp³-hybridized carbons (Fsp3) is 0.312. The molecule has 3 nitrogen and oxygen atoms in total. The van der Waals surface area contributed by atoms with Crippen LogP contribution >= 0.6 is 12.4 Å². The molecule has 2 aromatic rings. The van der Waals surface area contributed by atoms with Gasteiger partial charge in [0.05, 0.1) is 11.6 Å². The molecule has 2 saturated heterocycles. The second-order valence-electron chi connectivity index (χ2n) is 5.44. The summed E-state index contributed by atoms with van der Waals surface area (Å²) >= 11 is 0. The number of hydrogen-bond acceptors (Lipinski definition) is 3. The van der Waals surface area contributed by atoms with Gasteiger partial charge in [-0.1, -0.05) is 24.3 Å². The maximum atomic E-state index is 9.22. The maximum absolute atomic E-state index is 9.22. The van der Waals surface area contributed by atoms with Gasteiger partial charge in [-0.15, -0.1) is 12.4 Å². The van der Waals surface area contributed by atoms with Crippen molar-refractivity contribution in [2.75, 3.05) is 18.0 Å². The fourth-order valence-corrected chi connectivity index (χ4v) is 3.49. The molecule has 2 bridgehead atoms. The maximum Gasteiger partial charge on any atom is 0.0998 e. The van der Waals surface area contributed by atoms with Crippen molar-refractivity contribution < 1.29 is 0 Å². The third-order valence-corrected chi connectivity index (χ3v) is 4.39. The zero-order valence-corrected chi connectivity index (χ0v) is 11.9. The summed E-state index contributed by atoms with van der Waals surface area (Å²) < 4.78 is 0. The quantitative estimate of drug-likeness (QED) is 0.876.